The van der Waals surface area contributed by atoms with Gasteiger partial charge in [0.1, 0.15) is 6.17 Å². The van der Waals surface area contributed by atoms with E-state index in [2.05, 4.69) is 0 Å². The molecule has 0 bridgehead atoms. The summed E-state index contributed by atoms with van der Waals surface area (Å²) in [6.45, 7) is 1.63. The van der Waals surface area contributed by atoms with E-state index < -0.39 is 24.9 Å². The van der Waals surface area contributed by atoms with Crippen molar-refractivity contribution in [3.63, 3.8) is 0 Å². The van der Waals surface area contributed by atoms with Crippen molar-refractivity contribution >= 4 is 0 Å². The fraction of sp³-hybridized carbons (Fsp3) is 1.00. The van der Waals surface area contributed by atoms with Crippen LogP contribution >= 0.6 is 0 Å². The van der Waals surface area contributed by atoms with E-state index >= 15 is 0 Å². The lowest BCUT2D eigenvalue weighted by molar-refractivity contribution is -0.185. The zero-order valence-electron chi connectivity index (χ0n) is 6.67. The van der Waals surface area contributed by atoms with E-state index in [1.54, 1.807) is 6.92 Å². The maximum absolute atomic E-state index is 12.4. The molecule has 0 amide bonds. The first-order valence-corrected chi connectivity index (χ1v) is 3.72. The van der Waals surface area contributed by atoms with Gasteiger partial charge >= 0.3 is 6.18 Å². The molecule has 2 atom stereocenters. The number of hydrogen-bond acceptors (Lipinski definition) is 0. The quantitative estimate of drug-likeness (QED) is 0.596. The Morgan fingerprint density at radius 1 is 1.17 bits per heavy atom. The van der Waals surface area contributed by atoms with Crippen LogP contribution in [-0.2, 0) is 0 Å². The molecular formula is C7H11F5. The third-order valence-corrected chi connectivity index (χ3v) is 1.42. The Morgan fingerprint density at radius 3 is 2.00 bits per heavy atom. The molecule has 74 valence electrons. The third kappa shape index (κ3) is 4.51. The molecule has 1 unspecified atom stereocenters. The van der Waals surface area contributed by atoms with Crippen molar-refractivity contribution in [1.82, 2.24) is 0 Å². The highest BCUT2D eigenvalue weighted by Gasteiger charge is 2.41. The largest absolute Gasteiger partial charge is 0.419 e. The average Bonchev–Trinajstić information content (AvgIpc) is 1.85. The second kappa shape index (κ2) is 4.62. The molecule has 0 aliphatic rings. The molecule has 0 spiro atoms. The molecular weight excluding hydrogens is 179 g/mol. The summed E-state index contributed by atoms with van der Waals surface area (Å²) in [5, 5.41) is 0. The van der Waals surface area contributed by atoms with Crippen molar-refractivity contribution in [2.75, 3.05) is 0 Å². The first-order chi connectivity index (χ1) is 5.38. The van der Waals surface area contributed by atoms with Gasteiger partial charge < -0.3 is 0 Å². The van der Waals surface area contributed by atoms with E-state index in [0.29, 0.717) is 6.42 Å². The Balaban J connectivity index is 3.76. The zero-order valence-corrected chi connectivity index (χ0v) is 6.67. The molecule has 0 fully saturated rings. The summed E-state index contributed by atoms with van der Waals surface area (Å²) in [5.41, 5.74) is 0. The summed E-state index contributed by atoms with van der Waals surface area (Å²) >= 11 is 0. The van der Waals surface area contributed by atoms with Crippen LogP contribution in [0.4, 0.5) is 22.0 Å². The minimum atomic E-state index is -4.92. The predicted octanol–water partition coefficient (Wildman–Crippen LogP) is 3.42. The minimum absolute atomic E-state index is 0.0174. The monoisotopic (exact) mass is 190 g/mol. The molecule has 0 aromatic heterocycles. The van der Waals surface area contributed by atoms with Gasteiger partial charge in [0, 0.05) is 6.42 Å². The van der Waals surface area contributed by atoms with E-state index in [1.165, 1.54) is 0 Å². The molecule has 0 rings (SSSR count). The van der Waals surface area contributed by atoms with E-state index in [-0.39, 0.29) is 6.42 Å². The lowest BCUT2D eigenvalue weighted by atomic mass is 10.1. The summed E-state index contributed by atoms with van der Waals surface area (Å²) in [5.74, 6) is 0. The maximum Gasteiger partial charge on any atom is 0.419 e. The van der Waals surface area contributed by atoms with Gasteiger partial charge in [-0.25, -0.2) is 8.78 Å². The van der Waals surface area contributed by atoms with Gasteiger partial charge in [0.15, 0.2) is 6.17 Å². The van der Waals surface area contributed by atoms with Crippen LogP contribution in [-0.4, -0.2) is 18.5 Å². The lowest BCUT2D eigenvalue weighted by Crippen LogP contribution is -2.27. The summed E-state index contributed by atoms with van der Waals surface area (Å²) < 4.78 is 59.1. The summed E-state index contributed by atoms with van der Waals surface area (Å²) in [6.07, 6.45) is -10.3. The highest BCUT2D eigenvalue weighted by Crippen LogP contribution is 2.27. The predicted molar refractivity (Wildman–Crippen MR) is 35.4 cm³/mol. The average molecular weight is 190 g/mol. The Bertz CT molecular complexity index is 119. The van der Waals surface area contributed by atoms with Crippen LogP contribution in [0.3, 0.4) is 0 Å². The van der Waals surface area contributed by atoms with Crippen molar-refractivity contribution < 1.29 is 22.0 Å². The van der Waals surface area contributed by atoms with Crippen molar-refractivity contribution in [2.24, 2.45) is 0 Å². The van der Waals surface area contributed by atoms with Crippen LogP contribution in [0.15, 0.2) is 0 Å². The summed E-state index contributed by atoms with van der Waals surface area (Å²) in [7, 11) is 0. The van der Waals surface area contributed by atoms with E-state index in [0.717, 1.165) is 0 Å². The van der Waals surface area contributed by atoms with Gasteiger partial charge in [0.2, 0.25) is 0 Å². The van der Waals surface area contributed by atoms with Crippen molar-refractivity contribution in [3.05, 3.63) is 0 Å². The van der Waals surface area contributed by atoms with Crippen molar-refractivity contribution in [3.8, 4) is 0 Å². The molecule has 0 aliphatic heterocycles. The Morgan fingerprint density at radius 2 is 1.67 bits per heavy atom. The molecule has 0 radical (unpaired) electrons. The van der Waals surface area contributed by atoms with E-state index in [4.69, 9.17) is 0 Å². The first-order valence-electron chi connectivity index (χ1n) is 3.72. The van der Waals surface area contributed by atoms with Gasteiger partial charge in [-0.15, -0.1) is 0 Å². The topological polar surface area (TPSA) is 0 Å². The molecule has 0 N–H and O–H groups in total. The minimum Gasteiger partial charge on any atom is -0.247 e. The standard InChI is InChI=1S/C7H11F5/c1-2-3-5(8)4-6(9)7(10,11)12/h5-6H,2-4H2,1H3/t5?,6-/m0/s1. The third-order valence-electron chi connectivity index (χ3n) is 1.42. The van der Waals surface area contributed by atoms with Gasteiger partial charge in [0.05, 0.1) is 0 Å². The Hall–Kier alpha value is -0.350. The molecule has 0 saturated carbocycles. The molecule has 12 heavy (non-hydrogen) atoms. The molecule has 0 aliphatic carbocycles. The van der Waals surface area contributed by atoms with E-state index in [9.17, 15) is 22.0 Å². The van der Waals surface area contributed by atoms with E-state index in [1.807, 2.05) is 0 Å². The SMILES string of the molecule is CCCC(F)C[C@H](F)C(F)(F)F. The van der Waals surface area contributed by atoms with Gasteiger partial charge in [-0.3, -0.25) is 0 Å². The first kappa shape index (κ1) is 11.6. The number of alkyl halides is 5. The fourth-order valence-electron chi connectivity index (χ4n) is 0.789. The fourth-order valence-corrected chi connectivity index (χ4v) is 0.789. The number of hydrogen-bond donors (Lipinski definition) is 0. The van der Waals surface area contributed by atoms with Crippen LogP contribution in [0.25, 0.3) is 0 Å². The van der Waals surface area contributed by atoms with Gasteiger partial charge in [-0.05, 0) is 6.42 Å². The number of halogens is 5. The Labute approximate surface area is 67.8 Å². The normalized spacial score (nSPS) is 17.5. The smallest absolute Gasteiger partial charge is 0.247 e. The van der Waals surface area contributed by atoms with Crippen LogP contribution in [0.1, 0.15) is 26.2 Å². The van der Waals surface area contributed by atoms with Crippen molar-refractivity contribution in [2.45, 2.75) is 44.7 Å². The maximum atomic E-state index is 12.4. The molecule has 0 aromatic carbocycles. The highest BCUT2D eigenvalue weighted by molar-refractivity contribution is 4.70. The molecule has 0 nitrogen and oxygen atoms in total. The number of rotatable bonds is 4. The van der Waals surface area contributed by atoms with Gasteiger partial charge in [0.25, 0.3) is 0 Å². The van der Waals surface area contributed by atoms with Crippen molar-refractivity contribution in [1.29, 1.82) is 0 Å². The highest BCUT2D eigenvalue weighted by atomic mass is 19.4. The second-order valence-electron chi connectivity index (χ2n) is 2.63. The molecule has 5 heteroatoms. The summed E-state index contributed by atoms with van der Waals surface area (Å²) in [6, 6.07) is 0. The lowest BCUT2D eigenvalue weighted by Gasteiger charge is -2.14. The second-order valence-corrected chi connectivity index (χ2v) is 2.63. The van der Waals surface area contributed by atoms with Gasteiger partial charge in [-0.1, -0.05) is 13.3 Å². The van der Waals surface area contributed by atoms with Crippen LogP contribution in [0, 0.1) is 0 Å². The summed E-state index contributed by atoms with van der Waals surface area (Å²) in [4.78, 5) is 0. The zero-order chi connectivity index (χ0) is 9.78. The van der Waals surface area contributed by atoms with Gasteiger partial charge in [-0.2, -0.15) is 13.2 Å². The van der Waals surface area contributed by atoms with Crippen LogP contribution < -0.4 is 0 Å². The molecule has 0 saturated heterocycles. The van der Waals surface area contributed by atoms with Crippen LogP contribution in [0.5, 0.6) is 0 Å². The molecule has 0 aromatic rings. The molecule has 0 heterocycles. The van der Waals surface area contributed by atoms with Crippen LogP contribution in [0.2, 0.25) is 0 Å². The Kier molecular flexibility index (Phi) is 4.49.